The summed E-state index contributed by atoms with van der Waals surface area (Å²) in [6, 6.07) is 6.61. The summed E-state index contributed by atoms with van der Waals surface area (Å²) in [7, 11) is 0. The van der Waals surface area contributed by atoms with E-state index in [0.717, 1.165) is 11.8 Å². The van der Waals surface area contributed by atoms with Gasteiger partial charge in [0.05, 0.1) is 11.6 Å². The molecule has 0 bridgehead atoms. The number of piperidine rings is 1. The summed E-state index contributed by atoms with van der Waals surface area (Å²) in [5.41, 5.74) is -1.47. The van der Waals surface area contributed by atoms with Gasteiger partial charge >= 0.3 is 6.09 Å². The third-order valence-electron chi connectivity index (χ3n) is 8.41. The number of benzene rings is 1. The van der Waals surface area contributed by atoms with Crippen LogP contribution >= 0.6 is 11.6 Å². The van der Waals surface area contributed by atoms with Crippen molar-refractivity contribution in [2.75, 3.05) is 26.2 Å². The lowest BCUT2D eigenvalue weighted by molar-refractivity contribution is -0.131. The van der Waals surface area contributed by atoms with Gasteiger partial charge in [-0.2, -0.15) is 0 Å². The molecular formula is C27H40ClN3O6. The van der Waals surface area contributed by atoms with E-state index in [0.29, 0.717) is 43.9 Å². The van der Waals surface area contributed by atoms with Gasteiger partial charge in [0.15, 0.2) is 0 Å². The molecule has 1 aromatic rings. The number of aliphatic hydroxyl groups excluding tert-OH is 1. The van der Waals surface area contributed by atoms with Gasteiger partial charge < -0.3 is 35.6 Å². The molecule has 10 heteroatoms. The number of nitrogens with one attached hydrogen (secondary N) is 2. The molecule has 0 radical (unpaired) electrons. The molecule has 2 amide bonds. The number of carbonyl (C=O) groups is 3. The van der Waals surface area contributed by atoms with Crippen LogP contribution in [0, 0.1) is 17.3 Å². The lowest BCUT2D eigenvalue weighted by atomic mass is 9.66. The van der Waals surface area contributed by atoms with Crippen molar-refractivity contribution in [3.8, 4) is 0 Å². The largest absolute Gasteiger partial charge is 0.465 e. The van der Waals surface area contributed by atoms with Crippen LogP contribution in [0.2, 0.25) is 5.02 Å². The van der Waals surface area contributed by atoms with E-state index in [1.807, 2.05) is 32.9 Å². The van der Waals surface area contributed by atoms with E-state index in [-0.39, 0.29) is 31.3 Å². The molecule has 1 heterocycles. The van der Waals surface area contributed by atoms with Crippen molar-refractivity contribution >= 4 is 29.9 Å². The van der Waals surface area contributed by atoms with E-state index in [9.17, 15) is 29.7 Å². The second-order valence-corrected chi connectivity index (χ2v) is 11.9. The summed E-state index contributed by atoms with van der Waals surface area (Å²) in [5.74, 6) is -0.872. The topological polar surface area (TPSA) is 139 Å². The highest BCUT2D eigenvalue weighted by molar-refractivity contribution is 6.30. The molecule has 0 spiro atoms. The molecule has 1 aliphatic heterocycles. The van der Waals surface area contributed by atoms with E-state index >= 15 is 0 Å². The molecule has 1 saturated heterocycles. The highest BCUT2D eigenvalue weighted by Crippen LogP contribution is 2.46. The standard InChI is InChI=1S/C27H40ClN3O6/c1-18(15-31-12-10-27(37,25(2,3)17-31)20-4-6-21(28)7-5-20)22(16-33)29-23(34)19-8-9-26(14-19,11-13-32)30-24(35)36/h4-7,16,18-19,22,30,32,37H,8-15,17H2,1-3H3,(H,29,34)(H,35,36)/t18-,19+,22?,26?,27-/m0/s1. The summed E-state index contributed by atoms with van der Waals surface area (Å²) in [6.07, 6.45) is 1.57. The smallest absolute Gasteiger partial charge is 0.405 e. The van der Waals surface area contributed by atoms with Gasteiger partial charge in [-0.15, -0.1) is 0 Å². The Kier molecular flexibility index (Phi) is 9.27. The van der Waals surface area contributed by atoms with Crippen LogP contribution in [0.5, 0.6) is 0 Å². The summed E-state index contributed by atoms with van der Waals surface area (Å²) >= 11 is 6.03. The van der Waals surface area contributed by atoms with Gasteiger partial charge in [0, 0.05) is 48.1 Å². The molecule has 0 aromatic heterocycles. The van der Waals surface area contributed by atoms with Crippen LogP contribution in [0.1, 0.15) is 58.4 Å². The third-order valence-corrected chi connectivity index (χ3v) is 8.66. The van der Waals surface area contributed by atoms with Crippen LogP contribution in [-0.4, -0.2) is 76.3 Å². The van der Waals surface area contributed by atoms with Gasteiger partial charge in [0.1, 0.15) is 6.29 Å². The lowest BCUT2D eigenvalue weighted by Crippen LogP contribution is -2.57. The number of halogens is 1. The zero-order valence-electron chi connectivity index (χ0n) is 21.9. The minimum Gasteiger partial charge on any atom is -0.465 e. The molecule has 1 aromatic carbocycles. The first kappa shape index (κ1) is 29.4. The van der Waals surface area contributed by atoms with Gasteiger partial charge in [-0.3, -0.25) is 4.79 Å². The Labute approximate surface area is 223 Å². The number of aliphatic hydroxyl groups is 2. The summed E-state index contributed by atoms with van der Waals surface area (Å²) in [5, 5.41) is 36.1. The van der Waals surface area contributed by atoms with Crippen molar-refractivity contribution in [1.29, 1.82) is 0 Å². The van der Waals surface area contributed by atoms with Gasteiger partial charge in [-0.1, -0.05) is 44.5 Å². The zero-order valence-corrected chi connectivity index (χ0v) is 22.6. The number of rotatable bonds is 10. The van der Waals surface area contributed by atoms with E-state index in [1.54, 1.807) is 12.1 Å². The molecule has 2 aliphatic rings. The maximum absolute atomic E-state index is 13.0. The number of likely N-dealkylation sites (tertiary alicyclic amines) is 1. The summed E-state index contributed by atoms with van der Waals surface area (Å²) in [6.45, 7) is 7.62. The van der Waals surface area contributed by atoms with Crippen molar-refractivity contribution < 1.29 is 29.7 Å². The maximum Gasteiger partial charge on any atom is 0.405 e. The normalized spacial score (nSPS) is 29.3. The van der Waals surface area contributed by atoms with Crippen LogP contribution in [0.25, 0.3) is 0 Å². The fourth-order valence-electron chi connectivity index (χ4n) is 6.15. The minimum absolute atomic E-state index is 0.167. The number of amides is 2. The Morgan fingerprint density at radius 2 is 1.92 bits per heavy atom. The molecule has 9 nitrogen and oxygen atoms in total. The molecule has 206 valence electrons. The second-order valence-electron chi connectivity index (χ2n) is 11.5. The number of nitrogens with zero attached hydrogens (tertiary/aromatic N) is 1. The number of aldehydes is 1. The van der Waals surface area contributed by atoms with Crippen molar-refractivity contribution in [3.05, 3.63) is 34.9 Å². The first-order valence-corrected chi connectivity index (χ1v) is 13.3. The van der Waals surface area contributed by atoms with Gasteiger partial charge in [0.25, 0.3) is 0 Å². The van der Waals surface area contributed by atoms with Crippen molar-refractivity contribution in [1.82, 2.24) is 15.5 Å². The average Bonchev–Trinajstić information content (AvgIpc) is 3.23. The predicted octanol–water partition coefficient (Wildman–Crippen LogP) is 2.77. The Balaban J connectivity index is 1.59. The van der Waals surface area contributed by atoms with Crippen LogP contribution in [0.15, 0.2) is 24.3 Å². The summed E-state index contributed by atoms with van der Waals surface area (Å²) in [4.78, 5) is 38.4. The molecule has 5 atom stereocenters. The van der Waals surface area contributed by atoms with Crippen molar-refractivity contribution in [2.45, 2.75) is 70.1 Å². The first-order valence-electron chi connectivity index (χ1n) is 12.9. The van der Waals surface area contributed by atoms with Crippen molar-refractivity contribution in [3.63, 3.8) is 0 Å². The molecule has 2 unspecified atom stereocenters. The molecule has 37 heavy (non-hydrogen) atoms. The highest BCUT2D eigenvalue weighted by Gasteiger charge is 2.49. The number of carbonyl (C=O) groups excluding carboxylic acids is 2. The molecule has 1 saturated carbocycles. The Morgan fingerprint density at radius 1 is 1.24 bits per heavy atom. The highest BCUT2D eigenvalue weighted by atomic mass is 35.5. The Morgan fingerprint density at radius 3 is 2.49 bits per heavy atom. The van der Waals surface area contributed by atoms with Crippen LogP contribution < -0.4 is 10.6 Å². The molecular weight excluding hydrogens is 498 g/mol. The van der Waals surface area contributed by atoms with Crippen LogP contribution in [-0.2, 0) is 15.2 Å². The van der Waals surface area contributed by atoms with Gasteiger partial charge in [-0.05, 0) is 55.7 Å². The number of hydrogen-bond acceptors (Lipinski definition) is 6. The van der Waals surface area contributed by atoms with Gasteiger partial charge in [-0.25, -0.2) is 4.79 Å². The Bertz CT molecular complexity index is 973. The number of carboxylic acid groups (broad SMARTS) is 1. The van der Waals surface area contributed by atoms with E-state index in [1.165, 1.54) is 0 Å². The fraction of sp³-hybridized carbons (Fsp3) is 0.667. The van der Waals surface area contributed by atoms with Crippen LogP contribution in [0.4, 0.5) is 4.79 Å². The molecule has 5 N–H and O–H groups in total. The quantitative estimate of drug-likeness (QED) is 0.289. The molecule has 1 aliphatic carbocycles. The first-order chi connectivity index (χ1) is 17.3. The third kappa shape index (κ3) is 6.63. The van der Waals surface area contributed by atoms with E-state index in [2.05, 4.69) is 15.5 Å². The van der Waals surface area contributed by atoms with Gasteiger partial charge in [0.2, 0.25) is 5.91 Å². The van der Waals surface area contributed by atoms with Crippen molar-refractivity contribution in [2.24, 2.45) is 17.3 Å². The fourth-order valence-corrected chi connectivity index (χ4v) is 6.28. The zero-order chi connectivity index (χ0) is 27.4. The lowest BCUT2D eigenvalue weighted by Gasteiger charge is -2.51. The maximum atomic E-state index is 13.0. The molecule has 2 fully saturated rings. The Hall–Kier alpha value is -2.20. The van der Waals surface area contributed by atoms with E-state index < -0.39 is 34.6 Å². The second kappa shape index (κ2) is 11.7. The SMILES string of the molecule is C[C@@H](CN1CC[C@](O)(c2ccc(Cl)cc2)C(C)(C)C1)C(C=O)NC(=O)[C@@H]1CCC(CCO)(NC(=O)O)C1. The average molecular weight is 538 g/mol. The van der Waals surface area contributed by atoms with Crippen LogP contribution in [0.3, 0.4) is 0 Å². The minimum atomic E-state index is -1.18. The van der Waals surface area contributed by atoms with E-state index in [4.69, 9.17) is 11.6 Å². The summed E-state index contributed by atoms with van der Waals surface area (Å²) < 4.78 is 0. The predicted molar refractivity (Wildman–Crippen MR) is 140 cm³/mol. The number of hydrogen-bond donors (Lipinski definition) is 5. The molecule has 3 rings (SSSR count). The monoisotopic (exact) mass is 537 g/mol.